The lowest BCUT2D eigenvalue weighted by atomic mass is 9.70. The summed E-state index contributed by atoms with van der Waals surface area (Å²) in [5.74, 6) is 0.0906. The third kappa shape index (κ3) is 13.6. The van der Waals surface area contributed by atoms with Crippen molar-refractivity contribution in [2.24, 2.45) is 16.7 Å². The van der Waals surface area contributed by atoms with Crippen molar-refractivity contribution in [2.45, 2.75) is 86.2 Å². The third-order valence-corrected chi connectivity index (χ3v) is 5.33. The Morgan fingerprint density at radius 2 is 1.60 bits per heavy atom. The number of rotatable bonds is 12. The van der Waals surface area contributed by atoms with Crippen LogP contribution < -0.4 is 0 Å². The molecule has 1 atom stereocenters. The van der Waals surface area contributed by atoms with Crippen LogP contribution in [0.3, 0.4) is 0 Å². The summed E-state index contributed by atoms with van der Waals surface area (Å²) in [7, 11) is 0. The lowest BCUT2D eigenvalue weighted by Crippen LogP contribution is -2.29. The highest BCUT2D eigenvalue weighted by Crippen LogP contribution is 2.39. The van der Waals surface area contributed by atoms with Crippen molar-refractivity contribution in [1.29, 1.82) is 0 Å². The Morgan fingerprint density at radius 1 is 1.03 bits per heavy atom. The Kier molecular flexibility index (Phi) is 13.6. The lowest BCUT2D eigenvalue weighted by molar-refractivity contribution is -0.142. The minimum atomic E-state index is -0.375. The minimum Gasteiger partial charge on any atom is -0.462 e. The zero-order chi connectivity index (χ0) is 23.2. The number of ether oxygens (including phenoxy) is 3. The van der Waals surface area contributed by atoms with Crippen molar-refractivity contribution in [3.8, 4) is 0 Å². The Hall–Kier alpha value is -1.62. The summed E-state index contributed by atoms with van der Waals surface area (Å²) in [5, 5.41) is 0. The van der Waals surface area contributed by atoms with Crippen LogP contribution in [-0.4, -0.2) is 37.9 Å². The van der Waals surface area contributed by atoms with Gasteiger partial charge in [0.05, 0.1) is 12.7 Å². The van der Waals surface area contributed by atoms with Gasteiger partial charge in [-0.05, 0) is 42.4 Å². The first kappa shape index (κ1) is 28.4. The van der Waals surface area contributed by atoms with E-state index in [1.807, 2.05) is 0 Å². The first-order chi connectivity index (χ1) is 14.0. The fraction of sp³-hybridized carbons (Fsp3) is 0.760. The van der Waals surface area contributed by atoms with E-state index in [2.05, 4.69) is 54.7 Å². The van der Waals surface area contributed by atoms with E-state index >= 15 is 0 Å². The molecular weight excluding hydrogens is 380 g/mol. The Morgan fingerprint density at radius 3 is 2.07 bits per heavy atom. The Bertz CT molecular complexity index is 526. The van der Waals surface area contributed by atoms with Crippen LogP contribution in [0.5, 0.6) is 0 Å². The highest BCUT2D eigenvalue weighted by atomic mass is 16.6. The SMILES string of the molecule is C=CC(=O)OCC(C)(C)CC(C)(C)CC(CC)CC.C=CC(=O)OCC1CCCO1. The monoisotopic (exact) mass is 424 g/mol. The summed E-state index contributed by atoms with van der Waals surface area (Å²) in [6.45, 7) is 21.8. The minimum absolute atomic E-state index is 0.00814. The molecule has 5 nitrogen and oxygen atoms in total. The molecule has 0 saturated carbocycles. The molecule has 0 aromatic heterocycles. The second-order valence-corrected chi connectivity index (χ2v) is 9.67. The van der Waals surface area contributed by atoms with Gasteiger partial charge in [-0.1, -0.05) is 67.5 Å². The molecule has 0 aliphatic carbocycles. The van der Waals surface area contributed by atoms with Crippen LogP contribution in [0.2, 0.25) is 0 Å². The number of esters is 2. The molecule has 1 unspecified atom stereocenters. The molecule has 0 N–H and O–H groups in total. The number of carbonyl (C=O) groups is 2. The van der Waals surface area contributed by atoms with Crippen molar-refractivity contribution in [3.63, 3.8) is 0 Å². The lowest BCUT2D eigenvalue weighted by Gasteiger charge is -2.36. The molecule has 0 spiro atoms. The van der Waals surface area contributed by atoms with Crippen molar-refractivity contribution in [3.05, 3.63) is 25.3 Å². The smallest absolute Gasteiger partial charge is 0.330 e. The van der Waals surface area contributed by atoms with Gasteiger partial charge in [-0.25, -0.2) is 9.59 Å². The fourth-order valence-corrected chi connectivity index (χ4v) is 4.11. The van der Waals surface area contributed by atoms with Gasteiger partial charge in [0.1, 0.15) is 6.61 Å². The van der Waals surface area contributed by atoms with E-state index in [0.717, 1.165) is 37.9 Å². The van der Waals surface area contributed by atoms with Crippen LogP contribution in [0, 0.1) is 16.7 Å². The number of carbonyl (C=O) groups excluding carboxylic acids is 2. The van der Waals surface area contributed by atoms with Crippen molar-refractivity contribution in [1.82, 2.24) is 0 Å². The van der Waals surface area contributed by atoms with Crippen LogP contribution in [-0.2, 0) is 23.8 Å². The summed E-state index contributed by atoms with van der Waals surface area (Å²) in [5.41, 5.74) is 0.287. The summed E-state index contributed by atoms with van der Waals surface area (Å²) in [6, 6.07) is 0. The summed E-state index contributed by atoms with van der Waals surface area (Å²) < 4.78 is 15.2. The second-order valence-electron chi connectivity index (χ2n) is 9.67. The normalized spacial score (nSPS) is 16.4. The first-order valence-corrected chi connectivity index (χ1v) is 11.2. The average Bonchev–Trinajstić information content (AvgIpc) is 3.21. The summed E-state index contributed by atoms with van der Waals surface area (Å²) in [4.78, 5) is 21.7. The quantitative estimate of drug-likeness (QED) is 0.289. The molecule has 1 heterocycles. The molecule has 0 aromatic rings. The van der Waals surface area contributed by atoms with Crippen LogP contribution in [0.15, 0.2) is 25.3 Å². The maximum Gasteiger partial charge on any atom is 0.330 e. The standard InChI is InChI=1S/C17H32O2.C8H12O3/c1-8-14(9-2)11-16(4,5)12-17(6,7)13-19-15(18)10-3;1-2-8(9)11-6-7-4-3-5-10-7/h10,14H,3,8-9,11-13H2,1-2,4-7H3;2,7H,1,3-6H2. The molecule has 0 radical (unpaired) electrons. The highest BCUT2D eigenvalue weighted by molar-refractivity contribution is 5.81. The molecule has 1 aliphatic rings. The van der Waals surface area contributed by atoms with Crippen molar-refractivity contribution >= 4 is 11.9 Å². The predicted octanol–water partition coefficient (Wildman–Crippen LogP) is 5.88. The predicted molar refractivity (Wildman–Crippen MR) is 122 cm³/mol. The zero-order valence-corrected chi connectivity index (χ0v) is 20.1. The van der Waals surface area contributed by atoms with Crippen LogP contribution in [0.25, 0.3) is 0 Å². The number of hydrogen-bond acceptors (Lipinski definition) is 5. The molecular formula is C25H44O5. The van der Waals surface area contributed by atoms with E-state index in [1.165, 1.54) is 25.3 Å². The molecule has 0 amide bonds. The summed E-state index contributed by atoms with van der Waals surface area (Å²) in [6.07, 6.45) is 9.33. The maximum atomic E-state index is 11.2. The van der Waals surface area contributed by atoms with Gasteiger partial charge in [0, 0.05) is 18.8 Å². The largest absolute Gasteiger partial charge is 0.462 e. The van der Waals surface area contributed by atoms with Crippen LogP contribution in [0.1, 0.15) is 80.1 Å². The van der Waals surface area contributed by atoms with E-state index in [1.54, 1.807) is 0 Å². The fourth-order valence-electron chi connectivity index (χ4n) is 4.11. The van der Waals surface area contributed by atoms with Gasteiger partial charge < -0.3 is 14.2 Å². The topological polar surface area (TPSA) is 61.8 Å². The van der Waals surface area contributed by atoms with E-state index in [-0.39, 0.29) is 28.9 Å². The molecule has 1 saturated heterocycles. The van der Waals surface area contributed by atoms with Gasteiger partial charge in [0.15, 0.2) is 0 Å². The molecule has 5 heteroatoms. The first-order valence-electron chi connectivity index (χ1n) is 11.2. The van der Waals surface area contributed by atoms with E-state index in [0.29, 0.717) is 13.2 Å². The van der Waals surface area contributed by atoms with Crippen molar-refractivity contribution < 1.29 is 23.8 Å². The van der Waals surface area contributed by atoms with Gasteiger partial charge in [0.25, 0.3) is 0 Å². The molecule has 0 bridgehead atoms. The van der Waals surface area contributed by atoms with E-state index in [4.69, 9.17) is 14.2 Å². The second kappa shape index (κ2) is 14.4. The van der Waals surface area contributed by atoms with E-state index < -0.39 is 0 Å². The van der Waals surface area contributed by atoms with Gasteiger partial charge in [-0.2, -0.15) is 0 Å². The highest BCUT2D eigenvalue weighted by Gasteiger charge is 2.31. The molecule has 30 heavy (non-hydrogen) atoms. The molecule has 0 aromatic carbocycles. The van der Waals surface area contributed by atoms with Gasteiger partial charge in [-0.3, -0.25) is 0 Å². The maximum absolute atomic E-state index is 11.2. The van der Waals surface area contributed by atoms with Crippen LogP contribution in [0.4, 0.5) is 0 Å². The molecule has 1 fully saturated rings. The van der Waals surface area contributed by atoms with Gasteiger partial charge in [-0.15, -0.1) is 0 Å². The molecule has 174 valence electrons. The zero-order valence-electron chi connectivity index (χ0n) is 20.1. The van der Waals surface area contributed by atoms with E-state index in [9.17, 15) is 9.59 Å². The Labute approximate surface area is 184 Å². The van der Waals surface area contributed by atoms with Gasteiger partial charge in [0.2, 0.25) is 0 Å². The van der Waals surface area contributed by atoms with Gasteiger partial charge >= 0.3 is 11.9 Å². The average molecular weight is 425 g/mol. The van der Waals surface area contributed by atoms with Crippen molar-refractivity contribution in [2.75, 3.05) is 19.8 Å². The molecule has 1 rings (SSSR count). The Balaban J connectivity index is 0.000000642. The summed E-state index contributed by atoms with van der Waals surface area (Å²) >= 11 is 0. The third-order valence-electron chi connectivity index (χ3n) is 5.33. The molecule has 1 aliphatic heterocycles. The number of hydrogen-bond donors (Lipinski definition) is 0. The van der Waals surface area contributed by atoms with Crippen LogP contribution >= 0.6 is 0 Å².